The molecule has 13 heavy (non-hydrogen) atoms. The lowest BCUT2D eigenvalue weighted by Crippen LogP contribution is -2.29. The monoisotopic (exact) mass is 195 g/mol. The lowest BCUT2D eigenvalue weighted by atomic mass is 10.2. The minimum Gasteiger partial charge on any atom is -0.383 e. The Bertz CT molecular complexity index is 142. The zero-order valence-corrected chi connectivity index (χ0v) is 8.81. The maximum atomic E-state index is 12.7. The van der Waals surface area contributed by atoms with Crippen LogP contribution in [0, 0.1) is 0 Å². The topological polar surface area (TPSA) is 12.5 Å². The molecule has 0 aromatic carbocycles. The highest BCUT2D eigenvalue weighted by Gasteiger charge is 2.42. The second-order valence-electron chi connectivity index (χ2n) is 3.08. The van der Waals surface area contributed by atoms with Crippen LogP contribution in [0.5, 0.6) is 0 Å². The van der Waals surface area contributed by atoms with Gasteiger partial charge in [-0.1, -0.05) is 13.8 Å². The first kappa shape index (κ1) is 12.8. The number of nitrogens with zero attached hydrogens (tertiary/aromatic N) is 1. The summed E-state index contributed by atoms with van der Waals surface area (Å²) in [6.45, 7) is 4.26. The van der Waals surface area contributed by atoms with Crippen molar-refractivity contribution in [3.8, 4) is 0 Å². The molecule has 1 aliphatic rings. The van der Waals surface area contributed by atoms with E-state index < -0.39 is 5.92 Å². The maximum absolute atomic E-state index is 12.7. The van der Waals surface area contributed by atoms with Crippen molar-refractivity contribution >= 4 is 0 Å². The Hall–Kier alpha value is -0.220. The molecule has 1 fully saturated rings. The molecule has 2 nitrogen and oxygen atoms in total. The first-order chi connectivity index (χ1) is 6.05. The van der Waals surface area contributed by atoms with E-state index in [2.05, 4.69) is 0 Å². The third kappa shape index (κ3) is 4.00. The van der Waals surface area contributed by atoms with E-state index >= 15 is 0 Å². The van der Waals surface area contributed by atoms with Crippen molar-refractivity contribution in [3.63, 3.8) is 0 Å². The number of hydrogen-bond acceptors (Lipinski definition) is 2. The highest BCUT2D eigenvalue weighted by atomic mass is 19.3. The SMILES string of the molecule is CC.COCC1CC(F)(F)CN1C. The largest absolute Gasteiger partial charge is 0.383 e. The van der Waals surface area contributed by atoms with Crippen molar-refractivity contribution in [2.24, 2.45) is 0 Å². The molecule has 0 aromatic heterocycles. The fourth-order valence-electron chi connectivity index (χ4n) is 1.44. The molecule has 0 aliphatic carbocycles. The number of rotatable bonds is 2. The van der Waals surface area contributed by atoms with E-state index in [1.165, 1.54) is 7.11 Å². The predicted octanol–water partition coefficient (Wildman–Crippen LogP) is 2.00. The van der Waals surface area contributed by atoms with E-state index in [-0.39, 0.29) is 19.0 Å². The summed E-state index contributed by atoms with van der Waals surface area (Å²) in [6.07, 6.45) is -0.0721. The number of ether oxygens (including phenoxy) is 1. The number of halogens is 2. The standard InChI is InChI=1S/C7H13F2NO.C2H6/c1-10-5-7(8,9)3-6(10)4-11-2;1-2/h6H,3-5H2,1-2H3;1-2H3. The molecule has 0 N–H and O–H groups in total. The number of likely N-dealkylation sites (tertiary alicyclic amines) is 1. The van der Waals surface area contributed by atoms with Crippen molar-refractivity contribution in [2.45, 2.75) is 32.2 Å². The van der Waals surface area contributed by atoms with Crippen molar-refractivity contribution < 1.29 is 13.5 Å². The highest BCUT2D eigenvalue weighted by molar-refractivity contribution is 4.88. The van der Waals surface area contributed by atoms with Crippen molar-refractivity contribution in [2.75, 3.05) is 27.3 Å². The van der Waals surface area contributed by atoms with Crippen molar-refractivity contribution in [1.29, 1.82) is 0 Å². The van der Waals surface area contributed by atoms with Gasteiger partial charge in [-0.25, -0.2) is 8.78 Å². The Labute approximate surface area is 78.9 Å². The molecule has 0 bridgehead atoms. The van der Waals surface area contributed by atoms with E-state index in [9.17, 15) is 8.78 Å². The summed E-state index contributed by atoms with van der Waals surface area (Å²) < 4.78 is 30.2. The second kappa shape index (κ2) is 5.50. The number of likely N-dealkylation sites (N-methyl/N-ethyl adjacent to an activating group) is 1. The van der Waals surface area contributed by atoms with Gasteiger partial charge in [-0.05, 0) is 7.05 Å². The molecule has 0 amide bonds. The van der Waals surface area contributed by atoms with Crippen molar-refractivity contribution in [3.05, 3.63) is 0 Å². The minimum atomic E-state index is -2.52. The van der Waals surface area contributed by atoms with Gasteiger partial charge in [0.05, 0.1) is 13.2 Å². The summed E-state index contributed by atoms with van der Waals surface area (Å²) in [6, 6.07) is -0.116. The Kier molecular flexibility index (Phi) is 5.40. The molecule has 1 aliphatic heterocycles. The average Bonchev–Trinajstić information content (AvgIpc) is 2.30. The predicted molar refractivity (Wildman–Crippen MR) is 49.2 cm³/mol. The van der Waals surface area contributed by atoms with Crippen molar-refractivity contribution in [1.82, 2.24) is 4.90 Å². The molecule has 1 atom stereocenters. The summed E-state index contributed by atoms with van der Waals surface area (Å²) >= 11 is 0. The van der Waals surface area contributed by atoms with Gasteiger partial charge in [0, 0.05) is 19.6 Å². The van der Waals surface area contributed by atoms with Gasteiger partial charge in [0.15, 0.2) is 0 Å². The molecule has 0 saturated carbocycles. The molecule has 0 aromatic rings. The zero-order valence-electron chi connectivity index (χ0n) is 8.81. The second-order valence-corrected chi connectivity index (χ2v) is 3.08. The van der Waals surface area contributed by atoms with Crippen LogP contribution in [0.4, 0.5) is 8.78 Å². The minimum absolute atomic E-state index is 0.0721. The van der Waals surface area contributed by atoms with Crippen LogP contribution in [0.25, 0.3) is 0 Å². The summed E-state index contributed by atoms with van der Waals surface area (Å²) in [4.78, 5) is 1.64. The van der Waals surface area contributed by atoms with Crippen LogP contribution in [0.15, 0.2) is 0 Å². The van der Waals surface area contributed by atoms with Gasteiger partial charge >= 0.3 is 0 Å². The third-order valence-corrected chi connectivity index (χ3v) is 2.00. The summed E-state index contributed by atoms with van der Waals surface area (Å²) in [5, 5.41) is 0. The fraction of sp³-hybridized carbons (Fsp3) is 1.00. The van der Waals surface area contributed by atoms with Crippen LogP contribution in [0.3, 0.4) is 0 Å². The van der Waals surface area contributed by atoms with Crippen LogP contribution in [-0.4, -0.2) is 44.2 Å². The molecule has 0 spiro atoms. The van der Waals surface area contributed by atoms with Crippen LogP contribution in [0.1, 0.15) is 20.3 Å². The molecule has 1 heterocycles. The van der Waals surface area contributed by atoms with E-state index in [0.717, 1.165) is 0 Å². The quantitative estimate of drug-likeness (QED) is 0.668. The smallest absolute Gasteiger partial charge is 0.262 e. The van der Waals surface area contributed by atoms with Gasteiger partial charge in [0.1, 0.15) is 0 Å². The molecule has 80 valence electrons. The molecule has 0 radical (unpaired) electrons. The average molecular weight is 195 g/mol. The summed E-state index contributed by atoms with van der Waals surface area (Å²) in [5.41, 5.74) is 0. The Morgan fingerprint density at radius 3 is 2.31 bits per heavy atom. The summed E-state index contributed by atoms with van der Waals surface area (Å²) in [5.74, 6) is -2.52. The van der Waals surface area contributed by atoms with E-state index in [0.29, 0.717) is 6.61 Å². The Morgan fingerprint density at radius 1 is 1.46 bits per heavy atom. The molecule has 1 rings (SSSR count). The lowest BCUT2D eigenvalue weighted by molar-refractivity contribution is 0.0133. The number of alkyl halides is 2. The Morgan fingerprint density at radius 2 is 2.00 bits per heavy atom. The number of hydrogen-bond donors (Lipinski definition) is 0. The molecule has 1 saturated heterocycles. The fourth-order valence-corrected chi connectivity index (χ4v) is 1.44. The van der Waals surface area contributed by atoms with Gasteiger partial charge in [-0.2, -0.15) is 0 Å². The number of methoxy groups -OCH3 is 1. The van der Waals surface area contributed by atoms with Gasteiger partial charge in [-0.15, -0.1) is 0 Å². The third-order valence-electron chi connectivity index (χ3n) is 2.00. The van der Waals surface area contributed by atoms with E-state index in [4.69, 9.17) is 4.74 Å². The van der Waals surface area contributed by atoms with Crippen LogP contribution < -0.4 is 0 Å². The van der Waals surface area contributed by atoms with Gasteiger partial charge in [0.2, 0.25) is 0 Å². The normalized spacial score (nSPS) is 26.8. The van der Waals surface area contributed by atoms with E-state index in [1.807, 2.05) is 13.8 Å². The first-order valence-electron chi connectivity index (χ1n) is 4.62. The zero-order chi connectivity index (χ0) is 10.5. The van der Waals surface area contributed by atoms with Crippen LogP contribution in [-0.2, 0) is 4.74 Å². The summed E-state index contributed by atoms with van der Waals surface area (Å²) in [7, 11) is 3.23. The van der Waals surface area contributed by atoms with Gasteiger partial charge in [0.25, 0.3) is 5.92 Å². The molecule has 4 heteroatoms. The first-order valence-corrected chi connectivity index (χ1v) is 4.62. The van der Waals surface area contributed by atoms with Gasteiger partial charge in [-0.3, -0.25) is 4.90 Å². The van der Waals surface area contributed by atoms with Gasteiger partial charge < -0.3 is 4.74 Å². The lowest BCUT2D eigenvalue weighted by Gasteiger charge is -2.16. The Balaban J connectivity index is 0.000000671. The maximum Gasteiger partial charge on any atom is 0.262 e. The highest BCUT2D eigenvalue weighted by Crippen LogP contribution is 2.30. The van der Waals surface area contributed by atoms with Crippen LogP contribution in [0.2, 0.25) is 0 Å². The van der Waals surface area contributed by atoms with E-state index in [1.54, 1.807) is 11.9 Å². The molecule has 1 unspecified atom stereocenters. The molecular weight excluding hydrogens is 176 g/mol. The van der Waals surface area contributed by atoms with Crippen LogP contribution >= 0.6 is 0 Å². The molecular formula is C9H19F2NO.